The molecule has 1 spiro atoms. The van der Waals surface area contributed by atoms with Gasteiger partial charge in [-0.25, -0.2) is 4.79 Å². The van der Waals surface area contributed by atoms with Crippen LogP contribution in [0.15, 0.2) is 18.2 Å². The summed E-state index contributed by atoms with van der Waals surface area (Å²) in [5.41, 5.74) is 1.26. The molecule has 2 aliphatic rings. The van der Waals surface area contributed by atoms with Crippen LogP contribution >= 0.6 is 0 Å². The zero-order valence-corrected chi connectivity index (χ0v) is 14.0. The molecule has 5 nitrogen and oxygen atoms in total. The molecule has 1 aromatic rings. The Bertz CT molecular complexity index is 633. The lowest BCUT2D eigenvalue weighted by atomic mass is 9.77. The second-order valence-corrected chi connectivity index (χ2v) is 6.90. The lowest BCUT2D eigenvalue weighted by Crippen LogP contribution is -2.49. The maximum Gasteiger partial charge on any atom is 0.325 e. The Labute approximate surface area is 137 Å². The molecule has 1 aromatic carbocycles. The molecule has 0 unspecified atom stereocenters. The van der Waals surface area contributed by atoms with Gasteiger partial charge in [0, 0.05) is 5.56 Å². The average molecular weight is 316 g/mol. The first kappa shape index (κ1) is 15.8. The summed E-state index contributed by atoms with van der Waals surface area (Å²) in [7, 11) is 1.60. The Hall–Kier alpha value is -2.04. The topological polar surface area (TPSA) is 58.6 Å². The Kier molecular flexibility index (Phi) is 4.04. The summed E-state index contributed by atoms with van der Waals surface area (Å²) in [5.74, 6) is 1.24. The number of hydrogen-bond acceptors (Lipinski definition) is 3. The SMILES string of the molecule is COc1ccc(C)cc1CN1C(=O)NC2(CCC(C)CC2)C1=O. The summed E-state index contributed by atoms with van der Waals surface area (Å²) in [6, 6.07) is 5.51. The number of urea groups is 1. The van der Waals surface area contributed by atoms with Crippen LogP contribution in [0.5, 0.6) is 5.75 Å². The summed E-state index contributed by atoms with van der Waals surface area (Å²) < 4.78 is 5.36. The second kappa shape index (κ2) is 5.87. The number of benzene rings is 1. The molecule has 0 aromatic heterocycles. The maximum absolute atomic E-state index is 12.9. The van der Waals surface area contributed by atoms with Crippen LogP contribution in [0.4, 0.5) is 4.79 Å². The number of imide groups is 1. The van der Waals surface area contributed by atoms with Gasteiger partial charge in [-0.2, -0.15) is 0 Å². The molecule has 124 valence electrons. The van der Waals surface area contributed by atoms with Crippen molar-refractivity contribution in [2.75, 3.05) is 7.11 Å². The molecule has 1 saturated carbocycles. The molecule has 3 rings (SSSR count). The van der Waals surface area contributed by atoms with Gasteiger partial charge in [0.2, 0.25) is 0 Å². The maximum atomic E-state index is 12.9. The summed E-state index contributed by atoms with van der Waals surface area (Å²) in [5, 5.41) is 2.96. The first-order chi connectivity index (χ1) is 10.9. The van der Waals surface area contributed by atoms with Crippen LogP contribution in [0, 0.1) is 12.8 Å². The normalized spacial score (nSPS) is 27.4. The highest BCUT2D eigenvalue weighted by molar-refractivity contribution is 6.07. The van der Waals surface area contributed by atoms with E-state index in [2.05, 4.69) is 12.2 Å². The molecule has 1 saturated heterocycles. The first-order valence-corrected chi connectivity index (χ1v) is 8.23. The monoisotopic (exact) mass is 316 g/mol. The highest BCUT2D eigenvalue weighted by Crippen LogP contribution is 2.37. The zero-order chi connectivity index (χ0) is 16.6. The van der Waals surface area contributed by atoms with Crippen LogP contribution in [-0.2, 0) is 11.3 Å². The highest BCUT2D eigenvalue weighted by Gasteiger charge is 2.52. The molecule has 1 heterocycles. The summed E-state index contributed by atoms with van der Waals surface area (Å²) in [6.45, 7) is 4.44. The minimum Gasteiger partial charge on any atom is -0.496 e. The fourth-order valence-corrected chi connectivity index (χ4v) is 3.61. The van der Waals surface area contributed by atoms with E-state index in [1.165, 1.54) is 4.90 Å². The minimum atomic E-state index is -0.680. The fraction of sp³-hybridized carbons (Fsp3) is 0.556. The highest BCUT2D eigenvalue weighted by atomic mass is 16.5. The van der Waals surface area contributed by atoms with Crippen molar-refractivity contribution in [2.24, 2.45) is 5.92 Å². The summed E-state index contributed by atoms with van der Waals surface area (Å²) >= 11 is 0. The lowest BCUT2D eigenvalue weighted by Gasteiger charge is -2.33. The van der Waals surface area contributed by atoms with E-state index in [4.69, 9.17) is 4.74 Å². The van der Waals surface area contributed by atoms with Gasteiger partial charge in [0.25, 0.3) is 5.91 Å². The second-order valence-electron chi connectivity index (χ2n) is 6.90. The Morgan fingerprint density at radius 2 is 2.00 bits per heavy atom. The van der Waals surface area contributed by atoms with E-state index in [1.54, 1.807) is 7.11 Å². The van der Waals surface area contributed by atoms with Gasteiger partial charge in [-0.05, 0) is 44.6 Å². The Morgan fingerprint density at radius 1 is 1.30 bits per heavy atom. The van der Waals surface area contributed by atoms with Gasteiger partial charge in [0.1, 0.15) is 11.3 Å². The summed E-state index contributed by atoms with van der Waals surface area (Å²) in [6.07, 6.45) is 3.43. The zero-order valence-electron chi connectivity index (χ0n) is 14.0. The van der Waals surface area contributed by atoms with E-state index < -0.39 is 5.54 Å². The molecule has 0 bridgehead atoms. The fourth-order valence-electron chi connectivity index (χ4n) is 3.61. The number of nitrogens with one attached hydrogen (secondary N) is 1. The van der Waals surface area contributed by atoms with Gasteiger partial charge in [-0.3, -0.25) is 9.69 Å². The van der Waals surface area contributed by atoms with Crippen molar-refractivity contribution in [2.45, 2.75) is 51.6 Å². The third kappa shape index (κ3) is 2.80. The van der Waals surface area contributed by atoms with Gasteiger partial charge < -0.3 is 10.1 Å². The van der Waals surface area contributed by atoms with E-state index in [-0.39, 0.29) is 18.5 Å². The van der Waals surface area contributed by atoms with E-state index in [0.29, 0.717) is 11.7 Å². The molecule has 5 heteroatoms. The average Bonchev–Trinajstić information content (AvgIpc) is 2.75. The van der Waals surface area contributed by atoms with Crippen molar-refractivity contribution < 1.29 is 14.3 Å². The van der Waals surface area contributed by atoms with Gasteiger partial charge in [-0.1, -0.05) is 24.6 Å². The van der Waals surface area contributed by atoms with Crippen molar-refractivity contribution >= 4 is 11.9 Å². The largest absolute Gasteiger partial charge is 0.496 e. The Balaban J connectivity index is 1.83. The standard InChI is InChI=1S/C18H24N2O3/c1-12-6-8-18(9-7-12)16(21)20(17(22)19-18)11-14-10-13(2)4-5-15(14)23-3/h4-5,10,12H,6-9,11H2,1-3H3,(H,19,22). The van der Waals surface area contributed by atoms with Crippen molar-refractivity contribution in [3.63, 3.8) is 0 Å². The Morgan fingerprint density at radius 3 is 2.65 bits per heavy atom. The predicted molar refractivity (Wildman–Crippen MR) is 87.2 cm³/mol. The number of carbonyl (C=O) groups excluding carboxylic acids is 2. The van der Waals surface area contributed by atoms with Crippen LogP contribution in [0.2, 0.25) is 0 Å². The molecule has 0 radical (unpaired) electrons. The smallest absolute Gasteiger partial charge is 0.325 e. The van der Waals surface area contributed by atoms with E-state index in [9.17, 15) is 9.59 Å². The lowest BCUT2D eigenvalue weighted by molar-refractivity contribution is -0.133. The number of nitrogens with zero attached hydrogens (tertiary/aromatic N) is 1. The number of amides is 3. The van der Waals surface area contributed by atoms with Crippen molar-refractivity contribution in [3.05, 3.63) is 29.3 Å². The van der Waals surface area contributed by atoms with Crippen LogP contribution in [0.25, 0.3) is 0 Å². The molecule has 0 atom stereocenters. The van der Waals surface area contributed by atoms with E-state index >= 15 is 0 Å². The van der Waals surface area contributed by atoms with E-state index in [0.717, 1.165) is 36.8 Å². The van der Waals surface area contributed by atoms with E-state index in [1.807, 2.05) is 25.1 Å². The molecule has 2 fully saturated rings. The third-order valence-electron chi connectivity index (χ3n) is 5.14. The number of ether oxygens (including phenoxy) is 1. The van der Waals surface area contributed by atoms with Gasteiger partial charge in [0.15, 0.2) is 0 Å². The van der Waals surface area contributed by atoms with Crippen LogP contribution in [-0.4, -0.2) is 29.5 Å². The molecule has 3 amide bonds. The minimum absolute atomic E-state index is 0.0852. The van der Waals surface area contributed by atoms with Gasteiger partial charge in [-0.15, -0.1) is 0 Å². The number of rotatable bonds is 3. The number of hydrogen-bond donors (Lipinski definition) is 1. The number of carbonyl (C=O) groups is 2. The number of methoxy groups -OCH3 is 1. The molecular formula is C18H24N2O3. The number of aryl methyl sites for hydroxylation is 1. The summed E-state index contributed by atoms with van der Waals surface area (Å²) in [4.78, 5) is 26.6. The van der Waals surface area contributed by atoms with Gasteiger partial charge >= 0.3 is 6.03 Å². The quantitative estimate of drug-likeness (QED) is 0.872. The molecule has 1 aliphatic carbocycles. The van der Waals surface area contributed by atoms with Crippen LogP contribution < -0.4 is 10.1 Å². The van der Waals surface area contributed by atoms with Crippen molar-refractivity contribution in [3.8, 4) is 5.75 Å². The van der Waals surface area contributed by atoms with Crippen molar-refractivity contribution in [1.29, 1.82) is 0 Å². The molecule has 1 N–H and O–H groups in total. The van der Waals surface area contributed by atoms with Crippen LogP contribution in [0.3, 0.4) is 0 Å². The predicted octanol–water partition coefficient (Wildman–Crippen LogP) is 3.00. The molecule has 23 heavy (non-hydrogen) atoms. The molecular weight excluding hydrogens is 292 g/mol. The molecule has 1 aliphatic heterocycles. The van der Waals surface area contributed by atoms with Crippen LogP contribution in [0.1, 0.15) is 43.7 Å². The van der Waals surface area contributed by atoms with Gasteiger partial charge in [0.05, 0.1) is 13.7 Å². The first-order valence-electron chi connectivity index (χ1n) is 8.23. The third-order valence-corrected chi connectivity index (χ3v) is 5.14. The van der Waals surface area contributed by atoms with Crippen molar-refractivity contribution in [1.82, 2.24) is 10.2 Å².